The van der Waals surface area contributed by atoms with Gasteiger partial charge in [0.2, 0.25) is 0 Å². The minimum atomic E-state index is -2.96. The molecule has 1 aromatic carbocycles. The first-order valence-corrected chi connectivity index (χ1v) is 7.09. The second kappa shape index (κ2) is 8.75. The summed E-state index contributed by atoms with van der Waals surface area (Å²) in [5, 5.41) is 14.5. The lowest BCUT2D eigenvalue weighted by Gasteiger charge is -2.20. The van der Waals surface area contributed by atoms with Crippen LogP contribution in [0.1, 0.15) is 19.4 Å². The van der Waals surface area contributed by atoms with Crippen molar-refractivity contribution in [2.75, 3.05) is 6.61 Å². The molecule has 0 aliphatic rings. The number of amides is 2. The highest BCUT2D eigenvalue weighted by molar-refractivity contribution is 6.30. The Kier molecular flexibility index (Phi) is 7.34. The Balaban J connectivity index is 2.63. The van der Waals surface area contributed by atoms with E-state index in [1.165, 1.54) is 18.2 Å². The maximum atomic E-state index is 12.3. The van der Waals surface area contributed by atoms with E-state index in [1.807, 2.05) is 0 Å². The molecule has 1 aromatic rings. The van der Waals surface area contributed by atoms with Crippen LogP contribution in [0.25, 0.3) is 0 Å². The molecule has 1 rings (SSSR count). The lowest BCUT2D eigenvalue weighted by atomic mass is 10.1. The molecule has 0 spiro atoms. The number of aliphatic hydroxyl groups is 1. The molecule has 2 amide bonds. The molecule has 5 nitrogen and oxygen atoms in total. The van der Waals surface area contributed by atoms with E-state index in [-0.39, 0.29) is 30.9 Å². The topological polar surface area (TPSA) is 70.6 Å². The number of hydrogen-bond acceptors (Lipinski definition) is 3. The Morgan fingerprint density at radius 3 is 2.68 bits per heavy atom. The third-order valence-electron chi connectivity index (χ3n) is 3.18. The number of rotatable bonds is 7. The Morgan fingerprint density at radius 2 is 2.09 bits per heavy atom. The van der Waals surface area contributed by atoms with Crippen molar-refractivity contribution in [3.63, 3.8) is 0 Å². The molecule has 0 fully saturated rings. The molecule has 2 atom stereocenters. The van der Waals surface area contributed by atoms with Crippen LogP contribution in [0, 0.1) is 5.92 Å². The Labute approximate surface area is 132 Å². The van der Waals surface area contributed by atoms with E-state index in [2.05, 4.69) is 15.4 Å². The van der Waals surface area contributed by atoms with Crippen LogP contribution in [0.3, 0.4) is 0 Å². The van der Waals surface area contributed by atoms with Crippen molar-refractivity contribution in [1.82, 2.24) is 10.6 Å². The lowest BCUT2D eigenvalue weighted by molar-refractivity contribution is -0.0504. The fourth-order valence-corrected chi connectivity index (χ4v) is 1.83. The van der Waals surface area contributed by atoms with E-state index >= 15 is 0 Å². The van der Waals surface area contributed by atoms with E-state index in [9.17, 15) is 13.6 Å². The van der Waals surface area contributed by atoms with Gasteiger partial charge >= 0.3 is 12.6 Å². The van der Waals surface area contributed by atoms with E-state index in [0.717, 1.165) is 0 Å². The Morgan fingerprint density at radius 1 is 1.41 bits per heavy atom. The molecule has 0 aliphatic heterocycles. The van der Waals surface area contributed by atoms with Gasteiger partial charge in [0.15, 0.2) is 0 Å². The molecule has 0 radical (unpaired) electrons. The lowest BCUT2D eigenvalue weighted by Crippen LogP contribution is -2.44. The molecule has 0 aliphatic carbocycles. The summed E-state index contributed by atoms with van der Waals surface area (Å²) in [6.45, 7) is 0.512. The molecule has 8 heteroatoms. The average molecular weight is 337 g/mol. The highest BCUT2D eigenvalue weighted by Gasteiger charge is 2.15. The number of halogens is 3. The van der Waals surface area contributed by atoms with Gasteiger partial charge in [-0.2, -0.15) is 8.78 Å². The number of nitrogens with one attached hydrogen (secondary N) is 2. The van der Waals surface area contributed by atoms with Gasteiger partial charge in [0.25, 0.3) is 0 Å². The van der Waals surface area contributed by atoms with Gasteiger partial charge in [-0.25, -0.2) is 4.79 Å². The van der Waals surface area contributed by atoms with Crippen LogP contribution in [0.4, 0.5) is 13.6 Å². The van der Waals surface area contributed by atoms with Crippen molar-refractivity contribution in [3.05, 3.63) is 28.8 Å². The monoisotopic (exact) mass is 336 g/mol. The summed E-state index contributed by atoms with van der Waals surface area (Å²) in [5.41, 5.74) is 0.339. The maximum Gasteiger partial charge on any atom is 0.387 e. The Hall–Kier alpha value is -1.60. The number of urea groups is 1. The smallest absolute Gasteiger partial charge is 0.387 e. The number of benzene rings is 1. The highest BCUT2D eigenvalue weighted by atomic mass is 35.5. The third-order valence-corrected chi connectivity index (χ3v) is 3.41. The van der Waals surface area contributed by atoms with Gasteiger partial charge in [-0.05, 0) is 31.0 Å². The van der Waals surface area contributed by atoms with Crippen molar-refractivity contribution in [1.29, 1.82) is 0 Å². The molecule has 0 heterocycles. The van der Waals surface area contributed by atoms with E-state index in [0.29, 0.717) is 10.6 Å². The van der Waals surface area contributed by atoms with Crippen LogP contribution in [-0.2, 0) is 6.54 Å². The third kappa shape index (κ3) is 6.03. The predicted octanol–water partition coefficient (Wildman–Crippen LogP) is 2.76. The molecule has 0 saturated carbocycles. The summed E-state index contributed by atoms with van der Waals surface area (Å²) in [6.07, 6.45) is 0. The zero-order chi connectivity index (χ0) is 16.7. The van der Waals surface area contributed by atoms with Crippen LogP contribution >= 0.6 is 11.6 Å². The Bertz CT molecular complexity index is 503. The van der Waals surface area contributed by atoms with Crippen LogP contribution < -0.4 is 15.4 Å². The van der Waals surface area contributed by atoms with Gasteiger partial charge < -0.3 is 20.5 Å². The molecular formula is C14H19ClF2N2O3. The second-order valence-electron chi connectivity index (χ2n) is 4.91. The first-order valence-electron chi connectivity index (χ1n) is 6.72. The van der Waals surface area contributed by atoms with Crippen LogP contribution in [0.2, 0.25) is 5.02 Å². The number of ether oxygens (including phenoxy) is 1. The predicted molar refractivity (Wildman–Crippen MR) is 79.2 cm³/mol. The fraction of sp³-hybridized carbons (Fsp3) is 0.500. The van der Waals surface area contributed by atoms with Crippen molar-refractivity contribution in [3.8, 4) is 5.75 Å². The average Bonchev–Trinajstić information content (AvgIpc) is 2.46. The largest absolute Gasteiger partial charge is 0.434 e. The van der Waals surface area contributed by atoms with Crippen molar-refractivity contribution in [2.45, 2.75) is 33.0 Å². The molecule has 0 saturated heterocycles. The molecule has 0 bridgehead atoms. The van der Waals surface area contributed by atoms with Crippen LogP contribution in [0.15, 0.2) is 18.2 Å². The molecular weight excluding hydrogens is 318 g/mol. The molecule has 124 valence electrons. The molecule has 22 heavy (non-hydrogen) atoms. The summed E-state index contributed by atoms with van der Waals surface area (Å²) in [6, 6.07) is 3.48. The summed E-state index contributed by atoms with van der Waals surface area (Å²) in [4.78, 5) is 11.7. The van der Waals surface area contributed by atoms with Gasteiger partial charge in [0.05, 0.1) is 0 Å². The van der Waals surface area contributed by atoms with E-state index < -0.39 is 12.6 Å². The van der Waals surface area contributed by atoms with E-state index in [1.54, 1.807) is 13.8 Å². The van der Waals surface area contributed by atoms with E-state index in [4.69, 9.17) is 16.7 Å². The normalized spacial score (nSPS) is 13.6. The zero-order valence-electron chi connectivity index (χ0n) is 12.3. The summed E-state index contributed by atoms with van der Waals surface area (Å²) >= 11 is 5.81. The summed E-state index contributed by atoms with van der Waals surface area (Å²) in [7, 11) is 0. The first-order chi connectivity index (χ1) is 10.3. The maximum absolute atomic E-state index is 12.3. The number of alkyl halides is 2. The van der Waals surface area contributed by atoms with Crippen LogP contribution in [-0.4, -0.2) is 30.4 Å². The standard InChI is InChI=1S/C14H19ClF2N2O3/c1-8(7-20)9(2)19-14(21)18-6-10-5-11(15)3-4-12(10)22-13(16)17/h3-5,8-9,13,20H,6-7H2,1-2H3,(H2,18,19,21). The minimum Gasteiger partial charge on any atom is -0.434 e. The van der Waals surface area contributed by atoms with Gasteiger partial charge in [-0.15, -0.1) is 0 Å². The van der Waals surface area contributed by atoms with Gasteiger partial charge in [-0.3, -0.25) is 0 Å². The van der Waals surface area contributed by atoms with Gasteiger partial charge in [-0.1, -0.05) is 18.5 Å². The number of aliphatic hydroxyl groups excluding tert-OH is 1. The van der Waals surface area contributed by atoms with Crippen molar-refractivity contribution in [2.24, 2.45) is 5.92 Å². The summed E-state index contributed by atoms with van der Waals surface area (Å²) < 4.78 is 29.0. The number of hydrogen-bond donors (Lipinski definition) is 3. The highest BCUT2D eigenvalue weighted by Crippen LogP contribution is 2.24. The SMILES string of the molecule is CC(CO)C(C)NC(=O)NCc1cc(Cl)ccc1OC(F)F. The zero-order valence-corrected chi connectivity index (χ0v) is 13.0. The molecule has 3 N–H and O–H groups in total. The molecule has 2 unspecified atom stereocenters. The second-order valence-corrected chi connectivity index (χ2v) is 5.34. The summed E-state index contributed by atoms with van der Waals surface area (Å²) in [5.74, 6) is -0.147. The van der Waals surface area contributed by atoms with Crippen molar-refractivity contribution < 1.29 is 23.4 Å². The minimum absolute atomic E-state index is 0.0192. The molecule has 0 aromatic heterocycles. The number of carbonyl (C=O) groups is 1. The quantitative estimate of drug-likeness (QED) is 0.717. The van der Waals surface area contributed by atoms with Gasteiger partial charge in [0, 0.05) is 29.8 Å². The first kappa shape index (κ1) is 18.4. The van der Waals surface area contributed by atoms with Crippen molar-refractivity contribution >= 4 is 17.6 Å². The van der Waals surface area contributed by atoms with Gasteiger partial charge in [0.1, 0.15) is 5.75 Å². The van der Waals surface area contributed by atoms with Crippen LogP contribution in [0.5, 0.6) is 5.75 Å². The fourth-order valence-electron chi connectivity index (χ4n) is 1.63. The number of carbonyl (C=O) groups excluding carboxylic acids is 1.